The molecule has 1 aromatic carbocycles. The van der Waals surface area contributed by atoms with Crippen LogP contribution in [0.2, 0.25) is 0 Å². The molecule has 1 saturated heterocycles. The van der Waals surface area contributed by atoms with Gasteiger partial charge in [-0.25, -0.2) is 8.42 Å². The van der Waals surface area contributed by atoms with E-state index >= 15 is 0 Å². The maximum absolute atomic E-state index is 12.8. The molecule has 0 bridgehead atoms. The third-order valence-electron chi connectivity index (χ3n) is 4.90. The van der Waals surface area contributed by atoms with E-state index in [2.05, 4.69) is 15.4 Å². The SMILES string of the molecule is CC(C)[C@H](NS(=O)(=O)c1cccs1)C(=O)Nc1ccc(NC(=O)CN2CCOCC2)cc1. The third kappa shape index (κ3) is 6.84. The van der Waals surface area contributed by atoms with Crippen molar-refractivity contribution < 1.29 is 22.7 Å². The summed E-state index contributed by atoms with van der Waals surface area (Å²) in [4.78, 5) is 27.0. The molecule has 0 aliphatic carbocycles. The average Bonchev–Trinajstić information content (AvgIpc) is 3.30. The van der Waals surface area contributed by atoms with E-state index in [1.54, 1.807) is 49.6 Å². The highest BCUT2D eigenvalue weighted by atomic mass is 32.2. The van der Waals surface area contributed by atoms with Crippen molar-refractivity contribution in [2.24, 2.45) is 5.92 Å². The summed E-state index contributed by atoms with van der Waals surface area (Å²) in [6.07, 6.45) is 0. The number of nitrogens with one attached hydrogen (secondary N) is 3. The monoisotopic (exact) mass is 480 g/mol. The lowest BCUT2D eigenvalue weighted by Gasteiger charge is -2.25. The van der Waals surface area contributed by atoms with Crippen LogP contribution < -0.4 is 15.4 Å². The Bertz CT molecular complexity index is 1000. The number of carbonyl (C=O) groups excluding carboxylic acids is 2. The molecule has 9 nitrogen and oxygen atoms in total. The van der Waals surface area contributed by atoms with Crippen LogP contribution in [0.3, 0.4) is 0 Å². The van der Waals surface area contributed by atoms with Gasteiger partial charge in [0.2, 0.25) is 11.8 Å². The molecule has 32 heavy (non-hydrogen) atoms. The largest absolute Gasteiger partial charge is 0.379 e. The van der Waals surface area contributed by atoms with Gasteiger partial charge in [-0.2, -0.15) is 4.72 Å². The van der Waals surface area contributed by atoms with E-state index in [-0.39, 0.29) is 16.0 Å². The van der Waals surface area contributed by atoms with E-state index in [0.29, 0.717) is 31.1 Å². The van der Waals surface area contributed by atoms with Crippen molar-refractivity contribution in [3.05, 3.63) is 41.8 Å². The second kappa shape index (κ2) is 11.0. The van der Waals surface area contributed by atoms with Crippen LogP contribution in [0.25, 0.3) is 0 Å². The van der Waals surface area contributed by atoms with E-state index in [1.807, 2.05) is 4.90 Å². The van der Waals surface area contributed by atoms with Gasteiger partial charge in [0, 0.05) is 24.5 Å². The van der Waals surface area contributed by atoms with Crippen molar-refractivity contribution in [3.8, 4) is 0 Å². The van der Waals surface area contributed by atoms with Crippen molar-refractivity contribution in [1.82, 2.24) is 9.62 Å². The standard InChI is InChI=1S/C21H28N4O5S2/c1-15(2)20(24-32(28,29)19-4-3-13-31-19)21(27)23-17-7-5-16(6-8-17)22-18(26)14-25-9-11-30-12-10-25/h3-8,13,15,20,24H,9-12,14H2,1-2H3,(H,22,26)(H,23,27)/t20-/m0/s1. The van der Waals surface area contributed by atoms with Gasteiger partial charge in [-0.05, 0) is 41.6 Å². The van der Waals surface area contributed by atoms with Crippen molar-refractivity contribution in [3.63, 3.8) is 0 Å². The number of thiophene rings is 1. The number of rotatable bonds is 9. The smallest absolute Gasteiger partial charge is 0.250 e. The molecular formula is C21H28N4O5S2. The average molecular weight is 481 g/mol. The molecule has 1 aliphatic heterocycles. The number of hydrogen-bond acceptors (Lipinski definition) is 7. The number of anilines is 2. The Morgan fingerprint density at radius 2 is 1.69 bits per heavy atom. The Labute approximate surface area is 192 Å². The molecule has 1 aliphatic rings. The number of carbonyl (C=O) groups is 2. The second-order valence-corrected chi connectivity index (χ2v) is 10.7. The van der Waals surface area contributed by atoms with E-state index < -0.39 is 22.0 Å². The van der Waals surface area contributed by atoms with E-state index in [1.165, 1.54) is 6.07 Å². The third-order valence-corrected chi connectivity index (χ3v) is 7.74. The summed E-state index contributed by atoms with van der Waals surface area (Å²) in [6.45, 7) is 6.55. The van der Waals surface area contributed by atoms with E-state index in [4.69, 9.17) is 4.74 Å². The minimum Gasteiger partial charge on any atom is -0.379 e. The molecule has 2 heterocycles. The molecule has 1 fully saturated rings. The maximum Gasteiger partial charge on any atom is 0.250 e. The van der Waals surface area contributed by atoms with Gasteiger partial charge in [-0.15, -0.1) is 11.3 Å². The molecule has 11 heteroatoms. The minimum absolute atomic E-state index is 0.119. The summed E-state index contributed by atoms with van der Waals surface area (Å²) < 4.78 is 33.0. The topological polar surface area (TPSA) is 117 Å². The van der Waals surface area contributed by atoms with Crippen LogP contribution in [0.5, 0.6) is 0 Å². The number of ether oxygens (including phenoxy) is 1. The zero-order valence-electron chi connectivity index (χ0n) is 18.0. The Morgan fingerprint density at radius 1 is 1.06 bits per heavy atom. The first kappa shape index (κ1) is 24.3. The number of morpholine rings is 1. The molecule has 1 aromatic heterocycles. The quantitative estimate of drug-likeness (QED) is 0.505. The molecule has 0 unspecified atom stereocenters. The zero-order valence-corrected chi connectivity index (χ0v) is 19.7. The number of hydrogen-bond donors (Lipinski definition) is 3. The van der Waals surface area contributed by atoms with Crippen LogP contribution >= 0.6 is 11.3 Å². The second-order valence-electron chi connectivity index (χ2n) is 7.78. The molecule has 0 radical (unpaired) electrons. The summed E-state index contributed by atoms with van der Waals surface area (Å²) >= 11 is 1.09. The lowest BCUT2D eigenvalue weighted by Crippen LogP contribution is -2.46. The summed E-state index contributed by atoms with van der Waals surface area (Å²) in [6, 6.07) is 8.90. The van der Waals surface area contributed by atoms with Crippen LogP contribution in [0.1, 0.15) is 13.8 Å². The van der Waals surface area contributed by atoms with Gasteiger partial charge in [0.05, 0.1) is 19.8 Å². The Kier molecular flexibility index (Phi) is 8.38. The molecule has 0 spiro atoms. The van der Waals surface area contributed by atoms with Crippen LogP contribution in [0, 0.1) is 5.92 Å². The molecule has 2 amide bonds. The van der Waals surface area contributed by atoms with Gasteiger partial charge in [0.1, 0.15) is 10.3 Å². The summed E-state index contributed by atoms with van der Waals surface area (Å²) in [5.41, 5.74) is 1.11. The number of nitrogens with zero attached hydrogens (tertiary/aromatic N) is 1. The lowest BCUT2D eigenvalue weighted by molar-refractivity contribution is -0.119. The first-order valence-electron chi connectivity index (χ1n) is 10.3. The fourth-order valence-electron chi connectivity index (χ4n) is 3.15. The highest BCUT2D eigenvalue weighted by Crippen LogP contribution is 2.19. The molecule has 3 N–H and O–H groups in total. The van der Waals surface area contributed by atoms with Gasteiger partial charge in [0.15, 0.2) is 0 Å². The van der Waals surface area contributed by atoms with Crippen molar-refractivity contribution in [2.75, 3.05) is 43.5 Å². The number of benzene rings is 1. The first-order valence-corrected chi connectivity index (χ1v) is 12.7. The van der Waals surface area contributed by atoms with Gasteiger partial charge in [-0.3, -0.25) is 14.5 Å². The maximum atomic E-state index is 12.8. The summed E-state index contributed by atoms with van der Waals surface area (Å²) in [5, 5.41) is 7.24. The van der Waals surface area contributed by atoms with Crippen LogP contribution in [-0.2, 0) is 24.3 Å². The van der Waals surface area contributed by atoms with Gasteiger partial charge < -0.3 is 15.4 Å². The number of amides is 2. The molecule has 3 rings (SSSR count). The molecular weight excluding hydrogens is 452 g/mol. The van der Waals surface area contributed by atoms with Crippen molar-refractivity contribution in [1.29, 1.82) is 0 Å². The van der Waals surface area contributed by atoms with E-state index in [0.717, 1.165) is 24.4 Å². The molecule has 2 aromatic rings. The van der Waals surface area contributed by atoms with E-state index in [9.17, 15) is 18.0 Å². The fourth-order valence-corrected chi connectivity index (χ4v) is 5.51. The Morgan fingerprint density at radius 3 is 2.25 bits per heavy atom. The van der Waals surface area contributed by atoms with Crippen LogP contribution in [-0.4, -0.2) is 64.0 Å². The van der Waals surface area contributed by atoms with Crippen molar-refractivity contribution >= 4 is 44.5 Å². The zero-order chi connectivity index (χ0) is 23.1. The lowest BCUT2D eigenvalue weighted by atomic mass is 10.0. The highest BCUT2D eigenvalue weighted by Gasteiger charge is 2.29. The predicted octanol–water partition coefficient (Wildman–Crippen LogP) is 1.96. The normalized spacial score (nSPS) is 16.0. The summed E-state index contributed by atoms with van der Waals surface area (Å²) in [7, 11) is -3.78. The predicted molar refractivity (Wildman–Crippen MR) is 124 cm³/mol. The summed E-state index contributed by atoms with van der Waals surface area (Å²) in [5.74, 6) is -0.834. The Balaban J connectivity index is 1.57. The van der Waals surface area contributed by atoms with Crippen LogP contribution in [0.15, 0.2) is 46.0 Å². The van der Waals surface area contributed by atoms with Gasteiger partial charge in [0.25, 0.3) is 10.0 Å². The van der Waals surface area contributed by atoms with Crippen LogP contribution in [0.4, 0.5) is 11.4 Å². The molecule has 0 saturated carbocycles. The molecule has 1 atom stereocenters. The minimum atomic E-state index is -3.78. The van der Waals surface area contributed by atoms with Crippen molar-refractivity contribution in [2.45, 2.75) is 24.1 Å². The molecule has 174 valence electrons. The fraction of sp³-hybridized carbons (Fsp3) is 0.429. The van der Waals surface area contributed by atoms with Gasteiger partial charge >= 0.3 is 0 Å². The highest BCUT2D eigenvalue weighted by molar-refractivity contribution is 7.91. The first-order chi connectivity index (χ1) is 15.2. The van der Waals surface area contributed by atoms with Gasteiger partial charge in [-0.1, -0.05) is 19.9 Å². The number of sulfonamides is 1. The Hall–Kier alpha value is -2.31.